The van der Waals surface area contributed by atoms with Gasteiger partial charge < -0.3 is 9.47 Å². The first-order valence-electron chi connectivity index (χ1n) is 6.63. The minimum Gasteiger partial charge on any atom is -0.494 e. The standard InChI is InChI=1S/C15H22O3/c1-3-17-14-11-9-13(10-12-14)7-5-6-8-15(16)18-4-2/h9-12H,3-8H2,1-2H3. The van der Waals surface area contributed by atoms with Gasteiger partial charge in [-0.1, -0.05) is 12.1 Å². The number of hydrogen-bond donors (Lipinski definition) is 0. The van der Waals surface area contributed by atoms with Gasteiger partial charge in [0.25, 0.3) is 0 Å². The van der Waals surface area contributed by atoms with Crippen molar-refractivity contribution in [2.24, 2.45) is 0 Å². The molecule has 0 spiro atoms. The zero-order valence-electron chi connectivity index (χ0n) is 11.3. The number of aryl methyl sites for hydroxylation is 1. The molecule has 0 unspecified atom stereocenters. The van der Waals surface area contributed by atoms with Crippen molar-refractivity contribution in [3.05, 3.63) is 29.8 Å². The second-order valence-corrected chi connectivity index (χ2v) is 4.09. The van der Waals surface area contributed by atoms with Gasteiger partial charge in [0.2, 0.25) is 0 Å². The van der Waals surface area contributed by atoms with Crippen LogP contribution in [0.15, 0.2) is 24.3 Å². The Balaban J connectivity index is 2.21. The average molecular weight is 250 g/mol. The molecule has 1 rings (SSSR count). The third-order valence-corrected chi connectivity index (χ3v) is 2.64. The van der Waals surface area contributed by atoms with Gasteiger partial charge in [-0.3, -0.25) is 4.79 Å². The quantitative estimate of drug-likeness (QED) is 0.524. The number of rotatable bonds is 8. The first kappa shape index (κ1) is 14.6. The number of carbonyl (C=O) groups excluding carboxylic acids is 1. The third kappa shape index (κ3) is 5.71. The summed E-state index contributed by atoms with van der Waals surface area (Å²) in [5.41, 5.74) is 1.28. The lowest BCUT2D eigenvalue weighted by molar-refractivity contribution is -0.143. The Morgan fingerprint density at radius 3 is 2.39 bits per heavy atom. The van der Waals surface area contributed by atoms with E-state index in [1.54, 1.807) is 0 Å². The van der Waals surface area contributed by atoms with Crippen molar-refractivity contribution in [1.82, 2.24) is 0 Å². The minimum absolute atomic E-state index is 0.0933. The van der Waals surface area contributed by atoms with Crippen LogP contribution in [0, 0.1) is 0 Å². The van der Waals surface area contributed by atoms with Crippen molar-refractivity contribution in [1.29, 1.82) is 0 Å². The Bertz CT molecular complexity index is 343. The van der Waals surface area contributed by atoms with Crippen LogP contribution in [-0.2, 0) is 16.0 Å². The summed E-state index contributed by atoms with van der Waals surface area (Å²) >= 11 is 0. The maximum atomic E-state index is 11.1. The van der Waals surface area contributed by atoms with Crippen LogP contribution in [-0.4, -0.2) is 19.2 Å². The van der Waals surface area contributed by atoms with E-state index in [0.717, 1.165) is 25.0 Å². The molecule has 0 atom stereocenters. The molecule has 0 aliphatic rings. The van der Waals surface area contributed by atoms with E-state index >= 15 is 0 Å². The summed E-state index contributed by atoms with van der Waals surface area (Å²) in [6, 6.07) is 8.14. The van der Waals surface area contributed by atoms with Crippen LogP contribution in [0.3, 0.4) is 0 Å². The summed E-state index contributed by atoms with van der Waals surface area (Å²) in [5, 5.41) is 0. The Morgan fingerprint density at radius 1 is 1.06 bits per heavy atom. The van der Waals surface area contributed by atoms with Crippen LogP contribution in [0.2, 0.25) is 0 Å². The van der Waals surface area contributed by atoms with E-state index < -0.39 is 0 Å². The van der Waals surface area contributed by atoms with Crippen molar-refractivity contribution in [2.75, 3.05) is 13.2 Å². The van der Waals surface area contributed by atoms with E-state index in [9.17, 15) is 4.79 Å². The van der Waals surface area contributed by atoms with Gasteiger partial charge in [0.1, 0.15) is 5.75 Å². The molecule has 0 saturated heterocycles. The molecule has 18 heavy (non-hydrogen) atoms. The van der Waals surface area contributed by atoms with Gasteiger partial charge in [0.15, 0.2) is 0 Å². The third-order valence-electron chi connectivity index (χ3n) is 2.64. The number of benzene rings is 1. The van der Waals surface area contributed by atoms with E-state index in [-0.39, 0.29) is 5.97 Å². The van der Waals surface area contributed by atoms with Crippen LogP contribution < -0.4 is 4.74 Å². The Labute approximate surface area is 109 Å². The summed E-state index contributed by atoms with van der Waals surface area (Å²) in [7, 11) is 0. The Hall–Kier alpha value is -1.51. The molecule has 0 heterocycles. The predicted octanol–water partition coefficient (Wildman–Crippen LogP) is 3.36. The molecule has 0 aliphatic heterocycles. The number of esters is 1. The largest absolute Gasteiger partial charge is 0.494 e. The predicted molar refractivity (Wildman–Crippen MR) is 71.8 cm³/mol. The summed E-state index contributed by atoms with van der Waals surface area (Å²) in [6.45, 7) is 4.97. The normalized spacial score (nSPS) is 10.1. The number of unbranched alkanes of at least 4 members (excludes halogenated alkanes) is 1. The molecule has 0 aromatic heterocycles. The summed E-state index contributed by atoms with van der Waals surface area (Å²) in [4.78, 5) is 11.1. The van der Waals surface area contributed by atoms with Crippen LogP contribution in [0.5, 0.6) is 5.75 Å². The lowest BCUT2D eigenvalue weighted by Gasteiger charge is -2.05. The highest BCUT2D eigenvalue weighted by atomic mass is 16.5. The molecule has 3 heteroatoms. The molecule has 0 radical (unpaired) electrons. The Morgan fingerprint density at radius 2 is 1.78 bits per heavy atom. The first-order chi connectivity index (χ1) is 8.76. The molecule has 1 aromatic rings. The monoisotopic (exact) mass is 250 g/mol. The molecule has 1 aromatic carbocycles. The summed E-state index contributed by atoms with van der Waals surface area (Å²) in [5.74, 6) is 0.817. The fraction of sp³-hybridized carbons (Fsp3) is 0.533. The summed E-state index contributed by atoms with van der Waals surface area (Å²) in [6.07, 6.45) is 3.40. The highest BCUT2D eigenvalue weighted by molar-refractivity contribution is 5.69. The van der Waals surface area contributed by atoms with Crippen LogP contribution in [0.25, 0.3) is 0 Å². The van der Waals surface area contributed by atoms with Crippen molar-refractivity contribution < 1.29 is 14.3 Å². The van der Waals surface area contributed by atoms with Gasteiger partial charge in [-0.2, -0.15) is 0 Å². The van der Waals surface area contributed by atoms with Crippen LogP contribution in [0.1, 0.15) is 38.7 Å². The molecule has 100 valence electrons. The molecule has 0 aliphatic carbocycles. The molecule has 0 fully saturated rings. The maximum Gasteiger partial charge on any atom is 0.305 e. The molecule has 3 nitrogen and oxygen atoms in total. The maximum absolute atomic E-state index is 11.1. The van der Waals surface area contributed by atoms with Gasteiger partial charge in [0, 0.05) is 6.42 Å². The fourth-order valence-corrected chi connectivity index (χ4v) is 1.75. The number of carbonyl (C=O) groups is 1. The molecule has 0 bridgehead atoms. The minimum atomic E-state index is -0.0933. The van der Waals surface area contributed by atoms with E-state index in [1.807, 2.05) is 26.0 Å². The number of hydrogen-bond acceptors (Lipinski definition) is 3. The molecular formula is C15H22O3. The SMILES string of the molecule is CCOC(=O)CCCCc1ccc(OCC)cc1. The van der Waals surface area contributed by atoms with Crippen LogP contribution >= 0.6 is 0 Å². The molecule has 0 amide bonds. The van der Waals surface area contributed by atoms with Gasteiger partial charge in [0.05, 0.1) is 13.2 Å². The molecule has 0 saturated carbocycles. The highest BCUT2D eigenvalue weighted by Crippen LogP contribution is 2.14. The second kappa shape index (κ2) is 8.56. The van der Waals surface area contributed by atoms with E-state index in [4.69, 9.17) is 9.47 Å². The lowest BCUT2D eigenvalue weighted by atomic mass is 10.1. The second-order valence-electron chi connectivity index (χ2n) is 4.09. The van der Waals surface area contributed by atoms with Crippen molar-refractivity contribution in [3.63, 3.8) is 0 Å². The van der Waals surface area contributed by atoms with E-state index in [0.29, 0.717) is 19.6 Å². The smallest absolute Gasteiger partial charge is 0.305 e. The van der Waals surface area contributed by atoms with Gasteiger partial charge >= 0.3 is 5.97 Å². The average Bonchev–Trinajstić information content (AvgIpc) is 2.37. The molecule has 0 N–H and O–H groups in total. The molecular weight excluding hydrogens is 228 g/mol. The van der Waals surface area contributed by atoms with E-state index in [2.05, 4.69) is 12.1 Å². The fourth-order valence-electron chi connectivity index (χ4n) is 1.75. The number of ether oxygens (including phenoxy) is 2. The van der Waals surface area contributed by atoms with Crippen molar-refractivity contribution >= 4 is 5.97 Å². The zero-order chi connectivity index (χ0) is 13.2. The highest BCUT2D eigenvalue weighted by Gasteiger charge is 2.01. The topological polar surface area (TPSA) is 35.5 Å². The van der Waals surface area contributed by atoms with Gasteiger partial charge in [-0.05, 0) is 50.8 Å². The van der Waals surface area contributed by atoms with Crippen molar-refractivity contribution in [3.8, 4) is 5.75 Å². The summed E-state index contributed by atoms with van der Waals surface area (Å²) < 4.78 is 10.3. The Kier molecular flexibility index (Phi) is 6.92. The van der Waals surface area contributed by atoms with Gasteiger partial charge in [-0.25, -0.2) is 0 Å². The first-order valence-corrected chi connectivity index (χ1v) is 6.63. The van der Waals surface area contributed by atoms with Crippen molar-refractivity contribution in [2.45, 2.75) is 39.5 Å². The lowest BCUT2D eigenvalue weighted by Crippen LogP contribution is -2.03. The van der Waals surface area contributed by atoms with Crippen LogP contribution in [0.4, 0.5) is 0 Å². The zero-order valence-corrected chi connectivity index (χ0v) is 11.3. The van der Waals surface area contributed by atoms with Gasteiger partial charge in [-0.15, -0.1) is 0 Å². The van der Waals surface area contributed by atoms with E-state index in [1.165, 1.54) is 5.56 Å².